The fourth-order valence-electron chi connectivity index (χ4n) is 1.03. The van der Waals surface area contributed by atoms with Crippen LogP contribution in [0.2, 0.25) is 0 Å². The van der Waals surface area contributed by atoms with Gasteiger partial charge in [-0.25, -0.2) is 9.37 Å². The number of pyridine rings is 1. The van der Waals surface area contributed by atoms with Gasteiger partial charge in [0.2, 0.25) is 0 Å². The molecule has 0 radical (unpaired) electrons. The van der Waals surface area contributed by atoms with Crippen LogP contribution >= 0.6 is 11.8 Å². The monoisotopic (exact) mass is 229 g/mol. The maximum Gasteiger partial charge on any atom is 0.152 e. The van der Waals surface area contributed by atoms with Crippen molar-refractivity contribution >= 4 is 11.8 Å². The van der Waals surface area contributed by atoms with Crippen molar-refractivity contribution < 1.29 is 9.13 Å². The molecule has 0 bridgehead atoms. The zero-order valence-electron chi connectivity index (χ0n) is 9.24. The molecule has 1 aromatic rings. The van der Waals surface area contributed by atoms with Gasteiger partial charge in [-0.3, -0.25) is 0 Å². The molecular weight excluding hydrogens is 213 g/mol. The summed E-state index contributed by atoms with van der Waals surface area (Å²) in [7, 11) is 0. The van der Waals surface area contributed by atoms with Gasteiger partial charge in [-0.15, -0.1) is 0 Å². The van der Waals surface area contributed by atoms with E-state index in [1.807, 2.05) is 6.07 Å². The smallest absolute Gasteiger partial charge is 0.152 e. The molecule has 0 aliphatic heterocycles. The predicted octanol–water partition coefficient (Wildman–Crippen LogP) is 3.32. The SMILES string of the molecule is CC(CF)Oc1cccnc1SC(C)C. The third kappa shape index (κ3) is 4.08. The Balaban J connectivity index is 2.76. The Bertz CT molecular complexity index is 306. The lowest BCUT2D eigenvalue weighted by atomic mass is 10.4. The zero-order valence-corrected chi connectivity index (χ0v) is 10.1. The molecule has 1 atom stereocenters. The van der Waals surface area contributed by atoms with Crippen LogP contribution in [0.3, 0.4) is 0 Å². The molecule has 0 aromatic carbocycles. The molecule has 0 saturated carbocycles. The van der Waals surface area contributed by atoms with Crippen LogP contribution in [0.15, 0.2) is 23.4 Å². The minimum Gasteiger partial charge on any atom is -0.485 e. The van der Waals surface area contributed by atoms with Crippen molar-refractivity contribution in [3.05, 3.63) is 18.3 Å². The topological polar surface area (TPSA) is 22.1 Å². The predicted molar refractivity (Wildman–Crippen MR) is 61.3 cm³/mol. The summed E-state index contributed by atoms with van der Waals surface area (Å²) in [6.45, 7) is 5.39. The lowest BCUT2D eigenvalue weighted by Gasteiger charge is -2.14. The number of alkyl halides is 1. The van der Waals surface area contributed by atoms with E-state index in [0.29, 0.717) is 11.0 Å². The minimum atomic E-state index is -0.485. The molecule has 2 nitrogen and oxygen atoms in total. The molecular formula is C11H16FNOS. The third-order valence-electron chi connectivity index (χ3n) is 1.63. The Labute approximate surface area is 94.2 Å². The van der Waals surface area contributed by atoms with Gasteiger partial charge in [-0.2, -0.15) is 0 Å². The lowest BCUT2D eigenvalue weighted by molar-refractivity contribution is 0.177. The number of nitrogens with zero attached hydrogens (tertiary/aromatic N) is 1. The van der Waals surface area contributed by atoms with Crippen LogP contribution in [-0.2, 0) is 0 Å². The molecule has 84 valence electrons. The number of aromatic nitrogens is 1. The van der Waals surface area contributed by atoms with Crippen molar-refractivity contribution in [1.82, 2.24) is 4.98 Å². The van der Waals surface area contributed by atoms with Crippen molar-refractivity contribution in [1.29, 1.82) is 0 Å². The van der Waals surface area contributed by atoms with Crippen LogP contribution in [0.1, 0.15) is 20.8 Å². The first-order valence-corrected chi connectivity index (χ1v) is 5.85. The van der Waals surface area contributed by atoms with E-state index < -0.39 is 12.8 Å². The number of thioether (sulfide) groups is 1. The third-order valence-corrected chi connectivity index (χ3v) is 2.63. The van der Waals surface area contributed by atoms with E-state index in [2.05, 4.69) is 18.8 Å². The average Bonchev–Trinajstić information content (AvgIpc) is 2.20. The number of halogens is 1. The van der Waals surface area contributed by atoms with Crippen molar-refractivity contribution in [3.63, 3.8) is 0 Å². The van der Waals surface area contributed by atoms with Crippen molar-refractivity contribution in [2.45, 2.75) is 37.2 Å². The van der Waals surface area contributed by atoms with E-state index >= 15 is 0 Å². The van der Waals surface area contributed by atoms with Gasteiger partial charge in [0.1, 0.15) is 17.8 Å². The molecule has 0 aliphatic rings. The van der Waals surface area contributed by atoms with Gasteiger partial charge in [0.05, 0.1) is 0 Å². The maximum atomic E-state index is 12.3. The number of hydrogen-bond acceptors (Lipinski definition) is 3. The molecule has 4 heteroatoms. The molecule has 1 aromatic heterocycles. The van der Waals surface area contributed by atoms with Gasteiger partial charge in [-0.05, 0) is 19.1 Å². The fourth-order valence-corrected chi connectivity index (χ4v) is 1.83. The molecule has 15 heavy (non-hydrogen) atoms. The van der Waals surface area contributed by atoms with Crippen LogP contribution in [0.4, 0.5) is 4.39 Å². The first-order chi connectivity index (χ1) is 7.13. The van der Waals surface area contributed by atoms with Gasteiger partial charge in [0.15, 0.2) is 5.75 Å². The fraction of sp³-hybridized carbons (Fsp3) is 0.545. The van der Waals surface area contributed by atoms with Gasteiger partial charge < -0.3 is 4.74 Å². The minimum absolute atomic E-state index is 0.416. The zero-order chi connectivity index (χ0) is 11.3. The van der Waals surface area contributed by atoms with E-state index in [1.54, 1.807) is 30.9 Å². The van der Waals surface area contributed by atoms with Gasteiger partial charge in [0.25, 0.3) is 0 Å². The van der Waals surface area contributed by atoms with Crippen LogP contribution in [0.5, 0.6) is 5.75 Å². The normalized spacial score (nSPS) is 12.9. The summed E-state index contributed by atoms with van der Waals surface area (Å²) in [5.74, 6) is 0.668. The molecule has 1 rings (SSSR count). The molecule has 0 N–H and O–H groups in total. The Morgan fingerprint density at radius 3 is 2.80 bits per heavy atom. The van der Waals surface area contributed by atoms with Crippen LogP contribution in [-0.4, -0.2) is 23.0 Å². The second kappa shape index (κ2) is 5.95. The van der Waals surface area contributed by atoms with Gasteiger partial charge >= 0.3 is 0 Å². The summed E-state index contributed by atoms with van der Waals surface area (Å²) in [5, 5.41) is 1.26. The largest absolute Gasteiger partial charge is 0.485 e. The van der Waals surface area contributed by atoms with E-state index in [0.717, 1.165) is 5.03 Å². The Hall–Kier alpha value is -0.770. The highest BCUT2D eigenvalue weighted by atomic mass is 32.2. The van der Waals surface area contributed by atoms with Crippen molar-refractivity contribution in [2.75, 3.05) is 6.67 Å². The van der Waals surface area contributed by atoms with Crippen LogP contribution in [0, 0.1) is 0 Å². The molecule has 1 heterocycles. The summed E-state index contributed by atoms with van der Waals surface area (Å²) >= 11 is 1.62. The molecule has 0 fully saturated rings. The van der Waals surface area contributed by atoms with Crippen molar-refractivity contribution in [3.8, 4) is 5.75 Å². The average molecular weight is 229 g/mol. The Morgan fingerprint density at radius 1 is 1.47 bits per heavy atom. The molecule has 0 spiro atoms. The van der Waals surface area contributed by atoms with Crippen molar-refractivity contribution in [2.24, 2.45) is 0 Å². The van der Waals surface area contributed by atoms with Crippen LogP contribution in [0.25, 0.3) is 0 Å². The number of rotatable bonds is 5. The summed E-state index contributed by atoms with van der Waals surface area (Å²) in [6, 6.07) is 3.62. The summed E-state index contributed by atoms with van der Waals surface area (Å²) in [5.41, 5.74) is 0. The second-order valence-corrected chi connectivity index (χ2v) is 5.12. The molecule has 0 amide bonds. The standard InChI is InChI=1S/C11H16FNOS/c1-8(2)15-11-10(5-4-6-13-11)14-9(3)7-12/h4-6,8-9H,7H2,1-3H3. The Morgan fingerprint density at radius 2 is 2.20 bits per heavy atom. The first kappa shape index (κ1) is 12.3. The quantitative estimate of drug-likeness (QED) is 0.723. The van der Waals surface area contributed by atoms with E-state index in [-0.39, 0.29) is 0 Å². The summed E-state index contributed by atoms with van der Waals surface area (Å²) < 4.78 is 17.8. The highest BCUT2D eigenvalue weighted by Crippen LogP contribution is 2.30. The number of ether oxygens (including phenoxy) is 1. The van der Waals surface area contributed by atoms with E-state index in [4.69, 9.17) is 4.74 Å². The Kier molecular flexibility index (Phi) is 4.88. The second-order valence-electron chi connectivity index (χ2n) is 3.56. The lowest BCUT2D eigenvalue weighted by Crippen LogP contribution is -2.14. The van der Waals surface area contributed by atoms with Gasteiger partial charge in [0, 0.05) is 11.4 Å². The molecule has 0 saturated heterocycles. The van der Waals surface area contributed by atoms with E-state index in [1.165, 1.54) is 0 Å². The maximum absolute atomic E-state index is 12.3. The number of hydrogen-bond donors (Lipinski definition) is 0. The molecule has 0 aliphatic carbocycles. The first-order valence-electron chi connectivity index (χ1n) is 4.97. The highest BCUT2D eigenvalue weighted by Gasteiger charge is 2.10. The van der Waals surface area contributed by atoms with E-state index in [9.17, 15) is 4.39 Å². The molecule has 1 unspecified atom stereocenters. The summed E-state index contributed by atoms with van der Waals surface area (Å²) in [4.78, 5) is 4.22. The highest BCUT2D eigenvalue weighted by molar-refractivity contribution is 7.99. The van der Waals surface area contributed by atoms with Gasteiger partial charge in [-0.1, -0.05) is 25.6 Å². The van der Waals surface area contributed by atoms with Crippen LogP contribution < -0.4 is 4.74 Å². The summed E-state index contributed by atoms with van der Waals surface area (Å²) in [6.07, 6.45) is 1.30.